The Labute approximate surface area is 195 Å². The maximum Gasteiger partial charge on any atom is 0.416 e. The van der Waals surface area contributed by atoms with Crippen LogP contribution in [0.15, 0.2) is 71.5 Å². The Bertz CT molecular complexity index is 1370. The van der Waals surface area contributed by atoms with E-state index in [1.54, 1.807) is 18.2 Å². The first-order valence-electron chi connectivity index (χ1n) is 11.1. The van der Waals surface area contributed by atoms with Gasteiger partial charge in [0.05, 0.1) is 29.9 Å². The van der Waals surface area contributed by atoms with Crippen molar-refractivity contribution in [1.29, 1.82) is 0 Å². The van der Waals surface area contributed by atoms with Crippen molar-refractivity contribution in [2.24, 2.45) is 0 Å². The Morgan fingerprint density at radius 3 is 2.38 bits per heavy atom. The van der Waals surface area contributed by atoms with Crippen LogP contribution < -0.4 is 10.4 Å². The first-order chi connectivity index (χ1) is 16.2. The SMILES string of the molecule is CCOc1ccc2c(c1)c(-c1ccc(C(C)C)cc1)nc(=O)n2Cc1cccc(C(F)(F)F)c1. The van der Waals surface area contributed by atoms with Crippen LogP contribution in [0.4, 0.5) is 13.2 Å². The van der Waals surface area contributed by atoms with Crippen LogP contribution >= 0.6 is 0 Å². The number of hydrogen-bond donors (Lipinski definition) is 0. The molecule has 0 unspecified atom stereocenters. The molecule has 0 bridgehead atoms. The number of halogens is 3. The minimum Gasteiger partial charge on any atom is -0.494 e. The van der Waals surface area contributed by atoms with Crippen LogP contribution in [0.2, 0.25) is 0 Å². The van der Waals surface area contributed by atoms with Crippen LogP contribution in [-0.2, 0) is 12.7 Å². The summed E-state index contributed by atoms with van der Waals surface area (Å²) >= 11 is 0. The second-order valence-electron chi connectivity index (χ2n) is 8.42. The van der Waals surface area contributed by atoms with E-state index in [0.29, 0.717) is 40.4 Å². The van der Waals surface area contributed by atoms with Gasteiger partial charge in [-0.25, -0.2) is 4.79 Å². The standard InChI is InChI=1S/C27H25F3N2O2/c1-4-34-22-12-13-24-23(15-22)25(20-10-8-19(9-11-20)17(2)3)31-26(33)32(24)16-18-6-5-7-21(14-18)27(28,29)30/h5-15,17H,4,16H2,1-3H3. The van der Waals surface area contributed by atoms with Gasteiger partial charge in [0, 0.05) is 10.9 Å². The molecule has 0 aliphatic carbocycles. The number of rotatable bonds is 6. The third-order valence-electron chi connectivity index (χ3n) is 5.71. The first-order valence-corrected chi connectivity index (χ1v) is 11.1. The molecule has 4 nitrogen and oxygen atoms in total. The predicted molar refractivity (Wildman–Crippen MR) is 127 cm³/mol. The van der Waals surface area contributed by atoms with E-state index in [0.717, 1.165) is 17.7 Å². The Hall–Kier alpha value is -3.61. The van der Waals surface area contributed by atoms with Crippen LogP contribution in [0.25, 0.3) is 22.2 Å². The van der Waals surface area contributed by atoms with Gasteiger partial charge in [-0.2, -0.15) is 18.2 Å². The summed E-state index contributed by atoms with van der Waals surface area (Å²) in [6, 6.07) is 18.2. The highest BCUT2D eigenvalue weighted by molar-refractivity contribution is 5.93. The number of nitrogens with zero attached hydrogens (tertiary/aromatic N) is 2. The molecule has 1 heterocycles. The quantitative estimate of drug-likeness (QED) is 0.319. The molecule has 0 saturated carbocycles. The second-order valence-corrected chi connectivity index (χ2v) is 8.42. The van der Waals surface area contributed by atoms with E-state index in [-0.39, 0.29) is 6.54 Å². The fourth-order valence-electron chi connectivity index (χ4n) is 3.94. The molecule has 0 radical (unpaired) electrons. The van der Waals surface area contributed by atoms with E-state index in [1.165, 1.54) is 16.2 Å². The largest absolute Gasteiger partial charge is 0.494 e. The highest BCUT2D eigenvalue weighted by Gasteiger charge is 2.30. The Morgan fingerprint density at radius 2 is 1.74 bits per heavy atom. The molecular weight excluding hydrogens is 441 g/mol. The molecule has 0 aliphatic rings. The zero-order chi connectivity index (χ0) is 24.5. The first kappa shape index (κ1) is 23.5. The molecule has 0 atom stereocenters. The predicted octanol–water partition coefficient (Wildman–Crippen LogP) is 6.65. The van der Waals surface area contributed by atoms with E-state index < -0.39 is 17.4 Å². The number of benzene rings is 3. The minimum absolute atomic E-state index is 0.0349. The smallest absolute Gasteiger partial charge is 0.416 e. The van der Waals surface area contributed by atoms with Crippen LogP contribution in [0.3, 0.4) is 0 Å². The Balaban J connectivity index is 1.87. The molecule has 0 fully saturated rings. The van der Waals surface area contributed by atoms with Crippen molar-refractivity contribution in [3.63, 3.8) is 0 Å². The summed E-state index contributed by atoms with van der Waals surface area (Å²) < 4.78 is 46.6. The maximum atomic E-state index is 13.2. The lowest BCUT2D eigenvalue weighted by atomic mass is 9.99. The number of aromatic nitrogens is 2. The molecule has 3 aromatic carbocycles. The van der Waals surface area contributed by atoms with Gasteiger partial charge >= 0.3 is 11.9 Å². The summed E-state index contributed by atoms with van der Waals surface area (Å²) in [6.07, 6.45) is -4.46. The van der Waals surface area contributed by atoms with E-state index in [4.69, 9.17) is 4.74 Å². The summed E-state index contributed by atoms with van der Waals surface area (Å²) in [7, 11) is 0. The molecule has 34 heavy (non-hydrogen) atoms. The monoisotopic (exact) mass is 466 g/mol. The lowest BCUT2D eigenvalue weighted by molar-refractivity contribution is -0.137. The fourth-order valence-corrected chi connectivity index (χ4v) is 3.94. The molecule has 0 aliphatic heterocycles. The molecule has 0 spiro atoms. The molecule has 4 aromatic rings. The normalized spacial score (nSPS) is 11.9. The summed E-state index contributed by atoms with van der Waals surface area (Å²) in [5.41, 5.74) is 2.11. The summed E-state index contributed by atoms with van der Waals surface area (Å²) in [6.45, 7) is 6.52. The molecule has 0 saturated heterocycles. The summed E-state index contributed by atoms with van der Waals surface area (Å²) in [5.74, 6) is 0.991. The van der Waals surface area contributed by atoms with Crippen LogP contribution in [0.1, 0.15) is 43.4 Å². The molecule has 0 amide bonds. The highest BCUT2D eigenvalue weighted by Crippen LogP contribution is 2.32. The van der Waals surface area contributed by atoms with Crippen molar-refractivity contribution in [1.82, 2.24) is 9.55 Å². The summed E-state index contributed by atoms with van der Waals surface area (Å²) in [5, 5.41) is 0.690. The lowest BCUT2D eigenvalue weighted by Gasteiger charge is -2.15. The van der Waals surface area contributed by atoms with E-state index in [9.17, 15) is 18.0 Å². The van der Waals surface area contributed by atoms with Crippen molar-refractivity contribution < 1.29 is 17.9 Å². The molecule has 0 N–H and O–H groups in total. The minimum atomic E-state index is -4.46. The van der Waals surface area contributed by atoms with E-state index in [2.05, 4.69) is 18.8 Å². The van der Waals surface area contributed by atoms with Crippen molar-refractivity contribution in [2.75, 3.05) is 6.61 Å². The van der Waals surface area contributed by atoms with Crippen LogP contribution in [0, 0.1) is 0 Å². The van der Waals surface area contributed by atoms with Gasteiger partial charge in [-0.1, -0.05) is 50.2 Å². The molecule has 4 rings (SSSR count). The third kappa shape index (κ3) is 4.83. The maximum absolute atomic E-state index is 13.2. The van der Waals surface area contributed by atoms with E-state index in [1.807, 2.05) is 37.3 Å². The number of alkyl halides is 3. The zero-order valence-corrected chi connectivity index (χ0v) is 19.2. The van der Waals surface area contributed by atoms with Gasteiger partial charge in [0.15, 0.2) is 0 Å². The van der Waals surface area contributed by atoms with Crippen molar-refractivity contribution in [2.45, 2.75) is 39.4 Å². The molecule has 1 aromatic heterocycles. The Morgan fingerprint density at radius 1 is 1.00 bits per heavy atom. The average Bonchev–Trinajstić information content (AvgIpc) is 2.80. The van der Waals surface area contributed by atoms with Crippen LogP contribution in [0.5, 0.6) is 5.75 Å². The average molecular weight is 467 g/mol. The van der Waals surface area contributed by atoms with Crippen molar-refractivity contribution in [3.05, 3.63) is 93.9 Å². The number of fused-ring (bicyclic) bond motifs is 1. The zero-order valence-electron chi connectivity index (χ0n) is 19.2. The van der Waals surface area contributed by atoms with Gasteiger partial charge < -0.3 is 4.74 Å². The third-order valence-corrected chi connectivity index (χ3v) is 5.71. The van der Waals surface area contributed by atoms with Gasteiger partial charge in [-0.15, -0.1) is 0 Å². The van der Waals surface area contributed by atoms with Gasteiger partial charge in [-0.05, 0) is 54.3 Å². The topological polar surface area (TPSA) is 44.1 Å². The van der Waals surface area contributed by atoms with Gasteiger partial charge in [0.25, 0.3) is 0 Å². The van der Waals surface area contributed by atoms with E-state index >= 15 is 0 Å². The van der Waals surface area contributed by atoms with Crippen molar-refractivity contribution in [3.8, 4) is 17.0 Å². The van der Waals surface area contributed by atoms with Gasteiger partial charge in [0.1, 0.15) is 5.75 Å². The van der Waals surface area contributed by atoms with Crippen molar-refractivity contribution >= 4 is 10.9 Å². The molecule has 176 valence electrons. The van der Waals surface area contributed by atoms with Crippen LogP contribution in [-0.4, -0.2) is 16.2 Å². The second kappa shape index (κ2) is 9.33. The molecule has 7 heteroatoms. The van der Waals surface area contributed by atoms with Gasteiger partial charge in [-0.3, -0.25) is 4.57 Å². The highest BCUT2D eigenvalue weighted by atomic mass is 19.4. The number of ether oxygens (including phenoxy) is 1. The fraction of sp³-hybridized carbons (Fsp3) is 0.259. The lowest BCUT2D eigenvalue weighted by Crippen LogP contribution is -2.25. The Kier molecular flexibility index (Phi) is 6.46. The van der Waals surface area contributed by atoms with Gasteiger partial charge in [0.2, 0.25) is 0 Å². The number of hydrogen-bond acceptors (Lipinski definition) is 3. The summed E-state index contributed by atoms with van der Waals surface area (Å²) in [4.78, 5) is 17.4. The molecular formula is C27H25F3N2O2.